The summed E-state index contributed by atoms with van der Waals surface area (Å²) in [6.07, 6.45) is 1.65. The number of aromatic hydroxyl groups is 2. The van der Waals surface area contributed by atoms with Crippen molar-refractivity contribution in [3.63, 3.8) is 0 Å². The van der Waals surface area contributed by atoms with Gasteiger partial charge >= 0.3 is 5.97 Å². The number of hydrogen-bond acceptors (Lipinski definition) is 5. The Kier molecular flexibility index (Phi) is 2.60. The lowest BCUT2D eigenvalue weighted by atomic mass is 9.92. The fraction of sp³-hybridized carbons (Fsp3) is 0. The molecule has 0 atom stereocenters. The second-order valence-corrected chi connectivity index (χ2v) is 5.92. The summed E-state index contributed by atoms with van der Waals surface area (Å²) in [7, 11) is 0. The molecule has 2 N–H and O–H groups in total. The first-order chi connectivity index (χ1) is 12.1. The van der Waals surface area contributed by atoms with E-state index in [0.717, 1.165) is 11.3 Å². The number of rotatable bonds is 0. The van der Waals surface area contributed by atoms with Gasteiger partial charge in [-0.05, 0) is 12.1 Å². The van der Waals surface area contributed by atoms with Crippen molar-refractivity contribution in [1.82, 2.24) is 0 Å². The molecule has 0 aromatic heterocycles. The molecule has 0 fully saturated rings. The van der Waals surface area contributed by atoms with E-state index in [9.17, 15) is 15.0 Å². The Labute approximate surface area is 142 Å². The molecule has 5 rings (SSSR count). The smallest absolute Gasteiger partial charge is 0.345 e. The molecule has 2 heterocycles. The highest BCUT2D eigenvalue weighted by atomic mass is 16.5. The second kappa shape index (κ2) is 4.70. The highest BCUT2D eigenvalue weighted by molar-refractivity contribution is 6.41. The number of phenols is 2. The lowest BCUT2D eigenvalue weighted by Crippen LogP contribution is -2.03. The molecule has 0 saturated heterocycles. The molecule has 0 amide bonds. The van der Waals surface area contributed by atoms with Gasteiger partial charge in [-0.25, -0.2) is 4.79 Å². The van der Waals surface area contributed by atoms with Crippen LogP contribution in [0.5, 0.6) is 17.2 Å². The highest BCUT2D eigenvalue weighted by Gasteiger charge is 2.34. The van der Waals surface area contributed by atoms with Crippen LogP contribution in [-0.4, -0.2) is 22.4 Å². The monoisotopic (exact) mass is 329 g/mol. The number of benzene rings is 3. The van der Waals surface area contributed by atoms with E-state index in [1.807, 2.05) is 24.3 Å². The molecule has 0 unspecified atom stereocenters. The lowest BCUT2D eigenvalue weighted by molar-refractivity contribution is -0.126. The molecule has 3 aromatic rings. The van der Waals surface area contributed by atoms with Crippen LogP contribution in [0.2, 0.25) is 0 Å². The Morgan fingerprint density at radius 2 is 1.80 bits per heavy atom. The van der Waals surface area contributed by atoms with Crippen molar-refractivity contribution in [1.29, 1.82) is 0 Å². The minimum atomic E-state index is -0.497. The summed E-state index contributed by atoms with van der Waals surface area (Å²) in [6.45, 7) is 0. The summed E-state index contributed by atoms with van der Waals surface area (Å²) < 4.78 is 5.38. The van der Waals surface area contributed by atoms with Crippen LogP contribution in [0.25, 0.3) is 21.9 Å². The molecule has 25 heavy (non-hydrogen) atoms. The molecular weight excluding hydrogens is 318 g/mol. The summed E-state index contributed by atoms with van der Waals surface area (Å²) in [4.78, 5) is 16.9. The van der Waals surface area contributed by atoms with E-state index in [1.54, 1.807) is 18.3 Å². The average Bonchev–Trinajstić information content (AvgIpc) is 3.15. The molecule has 3 aromatic carbocycles. The average molecular weight is 329 g/mol. The Hall–Kier alpha value is -3.60. The largest absolute Gasteiger partial charge is 0.507 e. The zero-order valence-electron chi connectivity index (χ0n) is 12.9. The predicted molar refractivity (Wildman–Crippen MR) is 94.3 cm³/mol. The Morgan fingerprint density at radius 1 is 0.960 bits per heavy atom. The van der Waals surface area contributed by atoms with Crippen LogP contribution in [0.3, 0.4) is 0 Å². The van der Waals surface area contributed by atoms with Crippen molar-refractivity contribution in [3.8, 4) is 17.2 Å². The van der Waals surface area contributed by atoms with Crippen molar-refractivity contribution in [2.45, 2.75) is 0 Å². The summed E-state index contributed by atoms with van der Waals surface area (Å²) in [6, 6.07) is 13.8. The maximum atomic E-state index is 12.6. The number of esters is 1. The third-order valence-corrected chi connectivity index (χ3v) is 4.54. The Bertz CT molecular complexity index is 1160. The zero-order valence-corrected chi connectivity index (χ0v) is 12.9. The summed E-state index contributed by atoms with van der Waals surface area (Å²) in [5, 5.41) is 21.2. The van der Waals surface area contributed by atoms with Crippen molar-refractivity contribution >= 4 is 39.8 Å². The van der Waals surface area contributed by atoms with Crippen LogP contribution in [0.15, 0.2) is 53.5 Å². The topological polar surface area (TPSA) is 79.1 Å². The van der Waals surface area contributed by atoms with E-state index < -0.39 is 5.97 Å². The number of carbonyl (C=O) groups excluding carboxylic acids is 1. The number of nitrogens with zero attached hydrogens (tertiary/aromatic N) is 1. The van der Waals surface area contributed by atoms with Gasteiger partial charge < -0.3 is 14.9 Å². The van der Waals surface area contributed by atoms with Crippen molar-refractivity contribution in [3.05, 3.63) is 59.7 Å². The standard InChI is InChI=1S/C20H11NO4/c22-14-7-3-5-11-17(14)15(23)8-16-18(11)19(20(24)25-16)12-9-21-13-6-2-1-4-10(12)13/h1-9,22-23H/b19-12+. The van der Waals surface area contributed by atoms with Crippen LogP contribution in [-0.2, 0) is 4.79 Å². The number of allylic oxidation sites excluding steroid dienone is 1. The summed E-state index contributed by atoms with van der Waals surface area (Å²) in [5.41, 5.74) is 3.27. The number of fused-ring (bicyclic) bond motifs is 4. The van der Waals surface area contributed by atoms with E-state index in [0.29, 0.717) is 27.5 Å². The lowest BCUT2D eigenvalue weighted by Gasteiger charge is -2.09. The number of carbonyl (C=O) groups is 1. The van der Waals surface area contributed by atoms with Crippen LogP contribution in [0, 0.1) is 0 Å². The summed E-state index contributed by atoms with van der Waals surface area (Å²) >= 11 is 0. The normalized spacial score (nSPS) is 17.7. The van der Waals surface area contributed by atoms with Crippen LogP contribution < -0.4 is 4.74 Å². The van der Waals surface area contributed by atoms with Crippen molar-refractivity contribution < 1.29 is 19.7 Å². The van der Waals surface area contributed by atoms with E-state index >= 15 is 0 Å². The molecule has 5 heteroatoms. The van der Waals surface area contributed by atoms with Crippen molar-refractivity contribution in [2.75, 3.05) is 0 Å². The fourth-order valence-electron chi connectivity index (χ4n) is 3.47. The van der Waals surface area contributed by atoms with Gasteiger partial charge in [0.2, 0.25) is 0 Å². The minimum absolute atomic E-state index is 0.0537. The van der Waals surface area contributed by atoms with Gasteiger partial charge in [-0.2, -0.15) is 0 Å². The SMILES string of the molecule is O=C1Oc2cc(O)c3c(O)cccc3c2/C1=C1/C=Nc2ccccc21. The first-order valence-electron chi connectivity index (χ1n) is 7.73. The van der Waals surface area contributed by atoms with Gasteiger partial charge in [0.25, 0.3) is 0 Å². The molecule has 0 spiro atoms. The van der Waals surface area contributed by atoms with Gasteiger partial charge in [0.1, 0.15) is 17.2 Å². The molecule has 5 nitrogen and oxygen atoms in total. The van der Waals surface area contributed by atoms with Crippen LogP contribution in [0.1, 0.15) is 11.1 Å². The molecule has 0 saturated carbocycles. The minimum Gasteiger partial charge on any atom is -0.507 e. The number of ether oxygens (including phenoxy) is 1. The van der Waals surface area contributed by atoms with E-state index in [-0.39, 0.29) is 17.2 Å². The third kappa shape index (κ3) is 1.77. The number of para-hydroxylation sites is 1. The molecule has 120 valence electrons. The zero-order chi connectivity index (χ0) is 17.1. The second-order valence-electron chi connectivity index (χ2n) is 5.92. The predicted octanol–water partition coefficient (Wildman–Crippen LogP) is 3.80. The fourth-order valence-corrected chi connectivity index (χ4v) is 3.47. The maximum absolute atomic E-state index is 12.6. The molecular formula is C20H11NO4. The summed E-state index contributed by atoms with van der Waals surface area (Å²) in [5.74, 6) is -0.405. The Balaban J connectivity index is 1.91. The third-order valence-electron chi connectivity index (χ3n) is 4.54. The van der Waals surface area contributed by atoms with Crippen LogP contribution in [0.4, 0.5) is 5.69 Å². The number of phenolic OH excluding ortho intramolecular Hbond substituents is 2. The molecule has 0 aliphatic carbocycles. The van der Waals surface area contributed by atoms with Gasteiger partial charge in [0.15, 0.2) is 0 Å². The van der Waals surface area contributed by atoms with Gasteiger partial charge in [0.05, 0.1) is 16.6 Å². The van der Waals surface area contributed by atoms with Crippen LogP contribution >= 0.6 is 0 Å². The molecule has 0 bridgehead atoms. The van der Waals surface area contributed by atoms with Gasteiger partial charge in [-0.15, -0.1) is 0 Å². The van der Waals surface area contributed by atoms with E-state index in [1.165, 1.54) is 12.1 Å². The van der Waals surface area contributed by atoms with Gasteiger partial charge in [0, 0.05) is 34.4 Å². The molecule has 2 aliphatic heterocycles. The van der Waals surface area contributed by atoms with E-state index in [2.05, 4.69) is 4.99 Å². The first kappa shape index (κ1) is 13.8. The Morgan fingerprint density at radius 3 is 2.68 bits per heavy atom. The molecule has 0 radical (unpaired) electrons. The number of hydrogen-bond donors (Lipinski definition) is 2. The first-order valence-corrected chi connectivity index (χ1v) is 7.73. The van der Waals surface area contributed by atoms with Gasteiger partial charge in [-0.1, -0.05) is 30.3 Å². The van der Waals surface area contributed by atoms with E-state index in [4.69, 9.17) is 4.74 Å². The maximum Gasteiger partial charge on any atom is 0.345 e. The quantitative estimate of drug-likeness (QED) is 0.373. The number of aliphatic imine (C=N–C) groups is 1. The molecule has 2 aliphatic rings. The van der Waals surface area contributed by atoms with Gasteiger partial charge in [-0.3, -0.25) is 4.99 Å². The highest BCUT2D eigenvalue weighted by Crippen LogP contribution is 2.49. The van der Waals surface area contributed by atoms with Crippen molar-refractivity contribution in [2.24, 2.45) is 4.99 Å².